The molecule has 0 radical (unpaired) electrons. The van der Waals surface area contributed by atoms with E-state index in [9.17, 15) is 4.79 Å². The Kier molecular flexibility index (Phi) is 4.25. The molecular weight excluding hydrogens is 304 g/mol. The van der Waals surface area contributed by atoms with Crippen molar-refractivity contribution in [1.82, 2.24) is 9.78 Å². The number of para-hydroxylation sites is 1. The van der Waals surface area contributed by atoms with Gasteiger partial charge >= 0.3 is 6.09 Å². The molecule has 1 amide bonds. The van der Waals surface area contributed by atoms with Crippen molar-refractivity contribution in [2.24, 2.45) is 0 Å². The summed E-state index contributed by atoms with van der Waals surface area (Å²) in [6.07, 6.45) is -0.601. The number of aromatic nitrogens is 2. The van der Waals surface area contributed by atoms with Crippen LogP contribution in [0.15, 0.2) is 60.7 Å². The fourth-order valence-electron chi connectivity index (χ4n) is 2.19. The summed E-state index contributed by atoms with van der Waals surface area (Å²) in [4.78, 5) is 12.1. The number of nitrogens with one attached hydrogen (secondary N) is 1. The highest BCUT2D eigenvalue weighted by molar-refractivity contribution is 5.85. The highest BCUT2D eigenvalue weighted by Crippen LogP contribution is 2.18. The molecule has 24 heavy (non-hydrogen) atoms. The maximum Gasteiger partial charge on any atom is 0.418 e. The average molecular weight is 318 g/mol. The maximum atomic E-state index is 12.1. The Balaban J connectivity index is 1.81. The Morgan fingerprint density at radius 2 is 1.88 bits per heavy atom. The second-order valence-electron chi connectivity index (χ2n) is 5.07. The molecule has 0 aliphatic carbocycles. The number of benzene rings is 2. The van der Waals surface area contributed by atoms with Gasteiger partial charge in [-0.3, -0.25) is 5.32 Å². The van der Waals surface area contributed by atoms with E-state index >= 15 is 0 Å². The first-order valence-electron chi connectivity index (χ1n) is 7.27. The van der Waals surface area contributed by atoms with Gasteiger partial charge in [-0.1, -0.05) is 18.2 Å². The summed E-state index contributed by atoms with van der Waals surface area (Å²) in [5.41, 5.74) is 2.03. The van der Waals surface area contributed by atoms with Crippen LogP contribution in [0.2, 0.25) is 0 Å². The first-order chi connectivity index (χ1) is 11.7. The molecule has 6 heteroatoms. The first kappa shape index (κ1) is 15.3. The van der Waals surface area contributed by atoms with Gasteiger partial charge in [0.15, 0.2) is 0 Å². The van der Waals surface area contributed by atoms with Crippen molar-refractivity contribution < 1.29 is 9.53 Å². The van der Waals surface area contributed by atoms with Gasteiger partial charge in [0.25, 0.3) is 0 Å². The third-order valence-corrected chi connectivity index (χ3v) is 3.26. The van der Waals surface area contributed by atoms with Crippen LogP contribution in [0.5, 0.6) is 5.75 Å². The number of ether oxygens (including phenoxy) is 1. The van der Waals surface area contributed by atoms with Crippen molar-refractivity contribution in [3.8, 4) is 17.5 Å². The molecule has 0 unspecified atom stereocenters. The van der Waals surface area contributed by atoms with E-state index in [0.717, 1.165) is 11.4 Å². The second kappa shape index (κ2) is 6.67. The van der Waals surface area contributed by atoms with Crippen molar-refractivity contribution in [2.45, 2.75) is 6.92 Å². The monoisotopic (exact) mass is 318 g/mol. The van der Waals surface area contributed by atoms with E-state index in [1.807, 2.05) is 13.0 Å². The molecule has 3 aromatic rings. The van der Waals surface area contributed by atoms with Crippen LogP contribution in [0.1, 0.15) is 11.3 Å². The van der Waals surface area contributed by atoms with E-state index in [4.69, 9.17) is 10.00 Å². The largest absolute Gasteiger partial charge is 0.418 e. The minimum Gasteiger partial charge on any atom is -0.410 e. The van der Waals surface area contributed by atoms with E-state index in [0.29, 0.717) is 17.1 Å². The normalized spacial score (nSPS) is 10.0. The third kappa shape index (κ3) is 3.42. The van der Waals surface area contributed by atoms with Gasteiger partial charge in [0.2, 0.25) is 0 Å². The van der Waals surface area contributed by atoms with Crippen molar-refractivity contribution >= 4 is 11.9 Å². The van der Waals surface area contributed by atoms with E-state index in [2.05, 4.69) is 16.5 Å². The average Bonchev–Trinajstić information content (AvgIpc) is 2.96. The van der Waals surface area contributed by atoms with Crippen molar-refractivity contribution in [2.75, 3.05) is 5.32 Å². The molecule has 2 aromatic carbocycles. The number of carbonyl (C=O) groups excluding carboxylic acids is 1. The smallest absolute Gasteiger partial charge is 0.410 e. The number of nitrogens with zero attached hydrogens (tertiary/aromatic N) is 3. The van der Waals surface area contributed by atoms with Crippen LogP contribution in [0.3, 0.4) is 0 Å². The number of nitriles is 1. The Morgan fingerprint density at radius 3 is 2.54 bits per heavy atom. The lowest BCUT2D eigenvalue weighted by molar-refractivity contribution is 0.215. The molecule has 118 valence electrons. The molecule has 0 fully saturated rings. The maximum absolute atomic E-state index is 12.1. The Morgan fingerprint density at radius 1 is 1.17 bits per heavy atom. The van der Waals surface area contributed by atoms with Crippen LogP contribution < -0.4 is 10.1 Å². The van der Waals surface area contributed by atoms with Crippen LogP contribution in [0.4, 0.5) is 10.6 Å². The van der Waals surface area contributed by atoms with Crippen molar-refractivity contribution in [3.63, 3.8) is 0 Å². The molecule has 1 heterocycles. The predicted octanol–water partition coefficient (Wildman–Crippen LogP) is 3.66. The van der Waals surface area contributed by atoms with E-state index < -0.39 is 6.09 Å². The lowest BCUT2D eigenvalue weighted by atomic mass is 10.2. The molecule has 3 rings (SSSR count). The van der Waals surface area contributed by atoms with Crippen molar-refractivity contribution in [3.05, 3.63) is 71.9 Å². The van der Waals surface area contributed by atoms with Crippen LogP contribution in [-0.4, -0.2) is 15.9 Å². The molecular formula is C18H14N4O2. The highest BCUT2D eigenvalue weighted by Gasteiger charge is 2.12. The molecule has 0 saturated carbocycles. The third-order valence-electron chi connectivity index (χ3n) is 3.26. The SMILES string of the molecule is Cc1cc(NC(=O)Oc2ccccc2)n(-c2ccc(C#N)cc2)n1. The lowest BCUT2D eigenvalue weighted by Crippen LogP contribution is -2.19. The van der Waals surface area contributed by atoms with Gasteiger partial charge in [0.05, 0.1) is 23.0 Å². The van der Waals surface area contributed by atoms with Crippen LogP contribution in [0.25, 0.3) is 5.69 Å². The fourth-order valence-corrected chi connectivity index (χ4v) is 2.19. The lowest BCUT2D eigenvalue weighted by Gasteiger charge is -2.09. The number of hydrogen-bond donors (Lipinski definition) is 1. The Hall–Kier alpha value is -3.59. The van der Waals surface area contributed by atoms with Gasteiger partial charge in [-0.2, -0.15) is 10.4 Å². The summed E-state index contributed by atoms with van der Waals surface area (Å²) in [7, 11) is 0. The summed E-state index contributed by atoms with van der Waals surface area (Å²) < 4.78 is 6.81. The predicted molar refractivity (Wildman–Crippen MR) is 89.1 cm³/mol. The zero-order valence-corrected chi connectivity index (χ0v) is 12.9. The van der Waals surface area contributed by atoms with Gasteiger partial charge < -0.3 is 4.74 Å². The zero-order valence-electron chi connectivity index (χ0n) is 12.9. The number of hydrogen-bond acceptors (Lipinski definition) is 4. The molecule has 6 nitrogen and oxygen atoms in total. The standard InChI is InChI=1S/C18H14N4O2/c1-13-11-17(20-18(23)24-16-5-3-2-4-6-16)22(21-13)15-9-7-14(12-19)8-10-15/h2-11H,1H3,(H,20,23). The minimum atomic E-state index is -0.601. The van der Waals surface area contributed by atoms with E-state index in [-0.39, 0.29) is 0 Å². The highest BCUT2D eigenvalue weighted by atomic mass is 16.6. The van der Waals surface area contributed by atoms with Crippen LogP contribution in [0, 0.1) is 18.3 Å². The first-order valence-corrected chi connectivity index (χ1v) is 7.27. The van der Waals surface area contributed by atoms with Gasteiger partial charge in [0.1, 0.15) is 11.6 Å². The molecule has 1 N–H and O–H groups in total. The second-order valence-corrected chi connectivity index (χ2v) is 5.07. The number of carbonyl (C=O) groups is 1. The molecule has 0 spiro atoms. The molecule has 0 atom stereocenters. The van der Waals surface area contributed by atoms with Gasteiger partial charge in [0, 0.05) is 6.07 Å². The number of anilines is 1. The van der Waals surface area contributed by atoms with E-state index in [1.165, 1.54) is 0 Å². The molecule has 0 bridgehead atoms. The minimum absolute atomic E-state index is 0.455. The summed E-state index contributed by atoms with van der Waals surface area (Å²) in [6.45, 7) is 1.83. The van der Waals surface area contributed by atoms with Gasteiger partial charge in [-0.05, 0) is 43.3 Å². The quantitative estimate of drug-likeness (QED) is 0.799. The Labute approximate surface area is 138 Å². The summed E-state index contributed by atoms with van der Waals surface area (Å²) >= 11 is 0. The van der Waals surface area contributed by atoms with E-state index in [1.54, 1.807) is 59.3 Å². The number of amides is 1. The van der Waals surface area contributed by atoms with Gasteiger partial charge in [-0.15, -0.1) is 0 Å². The number of rotatable bonds is 3. The molecule has 0 aliphatic rings. The van der Waals surface area contributed by atoms with Crippen molar-refractivity contribution in [1.29, 1.82) is 5.26 Å². The fraction of sp³-hybridized carbons (Fsp3) is 0.0556. The zero-order chi connectivity index (χ0) is 16.9. The van der Waals surface area contributed by atoms with Crippen LogP contribution in [-0.2, 0) is 0 Å². The molecule has 0 saturated heterocycles. The molecule has 1 aromatic heterocycles. The van der Waals surface area contributed by atoms with Crippen LogP contribution >= 0.6 is 0 Å². The Bertz CT molecular complexity index is 893. The summed E-state index contributed by atoms with van der Waals surface area (Å²) in [6, 6.07) is 19.5. The summed E-state index contributed by atoms with van der Waals surface area (Å²) in [5.74, 6) is 0.939. The number of aryl methyl sites for hydroxylation is 1. The topological polar surface area (TPSA) is 79.9 Å². The summed E-state index contributed by atoms with van der Waals surface area (Å²) in [5, 5.41) is 15.9. The van der Waals surface area contributed by atoms with Gasteiger partial charge in [-0.25, -0.2) is 9.48 Å². The molecule has 0 aliphatic heterocycles.